The number of amides is 6. The second-order valence-corrected chi connectivity index (χ2v) is 37.1. The minimum absolute atomic E-state index is 0. The first-order valence-electron chi connectivity index (χ1n) is 44.5. The topological polar surface area (TPSA) is 496 Å². The van der Waals surface area contributed by atoms with Gasteiger partial charge in [-0.1, -0.05) is 112 Å². The van der Waals surface area contributed by atoms with E-state index in [0.29, 0.717) is 112 Å². The SMILES string of the molecule is COCCCOc1cc(C[C@@H](C[C@H](N)[C@H](C[C@H](C(=O)NCC(C)(C)C(N)=O)C(C)C)OC(C)=O)C(C)C)ccc1OC.COCCCOc1cc(C[C@@H](C[C@H](N=[N+]=[N-])[C@@H](O)C[C@H](C(=O)NCC(C)(C)C(N)=O)C(C)C)C(C)C)ccc1OC.COCCCOc1cc(C[C@@H](C[C@H](N=[N+]=[N-])[C@H](C[C@H](C(=O)NCC(C)(C)C(N)=O)C(C)C)OC(C)=O)C(C)C)ccc1OC.Cl. The Kier molecular flexibility index (Phi) is 57.1. The summed E-state index contributed by atoms with van der Waals surface area (Å²) in [4.78, 5) is 105. The van der Waals surface area contributed by atoms with Gasteiger partial charge in [0.05, 0.1) is 75.6 Å². The maximum atomic E-state index is 13.3. The molecule has 12 N–H and O–H groups in total. The summed E-state index contributed by atoms with van der Waals surface area (Å²) in [5, 5.41) is 27.7. The van der Waals surface area contributed by atoms with Gasteiger partial charge in [0.2, 0.25) is 35.4 Å². The van der Waals surface area contributed by atoms with E-state index in [1.54, 1.807) is 84.2 Å². The molecule has 0 aliphatic carbocycles. The normalized spacial score (nSPS) is 14.4. The second kappa shape index (κ2) is 61.5. The first-order chi connectivity index (χ1) is 59.5. The number of halogens is 1. The molecular weight excluding hydrogens is 1670 g/mol. The minimum atomic E-state index is -1.02. The molecule has 0 aromatic heterocycles. The molecule has 0 unspecified atom stereocenters. The third-order valence-electron chi connectivity index (χ3n) is 23.3. The van der Waals surface area contributed by atoms with Crippen LogP contribution in [-0.4, -0.2) is 191 Å². The highest BCUT2D eigenvalue weighted by molar-refractivity contribution is 5.86. The van der Waals surface area contributed by atoms with E-state index in [9.17, 15) is 54.5 Å². The van der Waals surface area contributed by atoms with Crippen molar-refractivity contribution in [3.63, 3.8) is 0 Å². The quantitative estimate of drug-likeness (QED) is 0.00855. The average Bonchev–Trinajstić information content (AvgIpc) is 0.847. The number of aliphatic hydroxyl groups is 1. The number of esters is 2. The molecule has 3 rings (SSSR count). The molecule has 0 spiro atoms. The number of hydrogen-bond donors (Lipinski definition) is 8. The highest BCUT2D eigenvalue weighted by Gasteiger charge is 2.39. The molecule has 0 saturated carbocycles. The number of methoxy groups -OCH3 is 6. The van der Waals surface area contributed by atoms with E-state index in [2.05, 4.69) is 77.5 Å². The van der Waals surface area contributed by atoms with Crippen molar-refractivity contribution in [2.45, 2.75) is 252 Å². The fraction of sp³-hybridized carbons (Fsp3) is 0.723. The van der Waals surface area contributed by atoms with Gasteiger partial charge in [-0.05, 0) is 217 Å². The van der Waals surface area contributed by atoms with Crippen LogP contribution in [0.15, 0.2) is 64.8 Å². The van der Waals surface area contributed by atoms with Crippen LogP contribution < -0.4 is 67.3 Å². The maximum absolute atomic E-state index is 13.3. The lowest BCUT2D eigenvalue weighted by Crippen LogP contribution is -2.47. The Morgan fingerprint density at radius 2 is 0.688 bits per heavy atom. The van der Waals surface area contributed by atoms with E-state index in [1.807, 2.05) is 96.1 Å². The van der Waals surface area contributed by atoms with Gasteiger partial charge in [0.1, 0.15) is 12.2 Å². The summed E-state index contributed by atoms with van der Waals surface area (Å²) in [6, 6.07) is 15.7. The van der Waals surface area contributed by atoms with Gasteiger partial charge < -0.3 is 96.1 Å². The average molecular weight is 1830 g/mol. The Bertz CT molecular complexity index is 3910. The lowest BCUT2D eigenvalue weighted by atomic mass is 9.80. The Labute approximate surface area is 768 Å². The number of hydrogen-bond acceptors (Lipinski definition) is 23. The van der Waals surface area contributed by atoms with Crippen molar-refractivity contribution in [2.75, 3.05) is 102 Å². The third kappa shape index (κ3) is 44.5. The first-order valence-corrected chi connectivity index (χ1v) is 44.5. The highest BCUT2D eigenvalue weighted by atomic mass is 35.5. The van der Waals surface area contributed by atoms with Crippen LogP contribution in [0.1, 0.15) is 213 Å². The molecule has 0 fully saturated rings. The lowest BCUT2D eigenvalue weighted by Gasteiger charge is -2.32. The van der Waals surface area contributed by atoms with E-state index in [4.69, 9.17) is 75.0 Å². The zero-order chi connectivity index (χ0) is 96.6. The van der Waals surface area contributed by atoms with Gasteiger partial charge in [-0.15, -0.1) is 12.4 Å². The Morgan fingerprint density at radius 3 is 0.961 bits per heavy atom. The molecule has 0 aliphatic rings. The first kappa shape index (κ1) is 119. The van der Waals surface area contributed by atoms with Crippen LogP contribution in [0.2, 0.25) is 0 Å². The number of nitrogens with zero attached hydrogens (tertiary/aromatic N) is 6. The van der Waals surface area contributed by atoms with E-state index in [0.717, 1.165) is 42.4 Å². The smallest absolute Gasteiger partial charge is 0.302 e. The van der Waals surface area contributed by atoms with E-state index < -0.39 is 100 Å². The van der Waals surface area contributed by atoms with E-state index in [-0.39, 0.29) is 116 Å². The van der Waals surface area contributed by atoms with Crippen LogP contribution in [-0.2, 0) is 81.3 Å². The number of carbonyl (C=O) groups excluding carboxylic acids is 8. The van der Waals surface area contributed by atoms with Crippen molar-refractivity contribution >= 4 is 59.8 Å². The molecule has 0 bridgehead atoms. The summed E-state index contributed by atoms with van der Waals surface area (Å²) in [6.45, 7) is 40.4. The summed E-state index contributed by atoms with van der Waals surface area (Å²) < 4.78 is 61.0. The maximum Gasteiger partial charge on any atom is 0.302 e. The van der Waals surface area contributed by atoms with Crippen LogP contribution in [0.4, 0.5) is 0 Å². The van der Waals surface area contributed by atoms with E-state index >= 15 is 0 Å². The molecular formula is C94H160ClN13O20. The lowest BCUT2D eigenvalue weighted by molar-refractivity contribution is -0.150. The molecule has 33 nitrogen and oxygen atoms in total. The molecule has 128 heavy (non-hydrogen) atoms. The summed E-state index contributed by atoms with van der Waals surface area (Å²) in [5.41, 5.74) is 42.3. The van der Waals surface area contributed by atoms with Crippen LogP contribution in [0.5, 0.6) is 34.5 Å². The van der Waals surface area contributed by atoms with Crippen LogP contribution >= 0.6 is 12.4 Å². The van der Waals surface area contributed by atoms with Crippen molar-refractivity contribution in [1.29, 1.82) is 0 Å². The van der Waals surface area contributed by atoms with E-state index in [1.165, 1.54) is 13.8 Å². The van der Waals surface area contributed by atoms with Gasteiger partial charge in [-0.25, -0.2) is 0 Å². The van der Waals surface area contributed by atoms with Gasteiger partial charge in [-0.2, -0.15) is 0 Å². The number of carbonyl (C=O) groups is 8. The number of nitrogens with two attached hydrogens (primary N) is 4. The predicted octanol–water partition coefficient (Wildman–Crippen LogP) is 14.1. The number of nitrogens with one attached hydrogen (secondary N) is 3. The molecule has 3 aromatic rings. The monoisotopic (exact) mass is 1830 g/mol. The van der Waals surface area contributed by atoms with Gasteiger partial charge >= 0.3 is 11.9 Å². The zero-order valence-electron chi connectivity index (χ0n) is 81.5. The van der Waals surface area contributed by atoms with Gasteiger partial charge in [-0.3, -0.25) is 38.4 Å². The van der Waals surface area contributed by atoms with Crippen molar-refractivity contribution in [2.24, 2.45) is 120 Å². The standard InChI is InChI=1S/C32H53N5O7.C32H55N3O7.C30H51N5O6.ClH/c1-20(2)24(15-23-11-12-27(42-9)29(16-23)43-14-10-13-41-8)17-26(36-37-34)28(44-22(5)38)18-25(21(3)4)30(39)35-19-32(6,7)31(33)40;1-20(2)24(15-23-11-12-27(40-9)29(16-23)41-14-10-13-39-8)17-26(33)28(42-22(5)36)18-25(21(3)4)30(37)35-19-32(6,7)31(34)38;1-19(2)22(14-21-10-11-26(40-8)27(15-21)41-13-9-12-39-7)16-24(34-35-32)25(36)17-23(20(3)4)28(37)33-18-30(5,6)29(31)38;/h11-12,16,20-21,24-26,28H,10,13-15,17-19H2,1-9H3,(H2,33,40)(H,35,39);11-12,16,20-21,24-26,28H,10,13-15,17-19,33H2,1-9H3,(H2,34,38)(H,35,37);10-11,15,19-20,22-25,36H,9,12-14,16-18H2,1-8H3,(H2,31,38)(H,33,37);1H/t2*24-,25-,26-,28-;22-,23-,24-,25-;/m000./s1. The Balaban J connectivity index is 0.00000188. The van der Waals surface area contributed by atoms with Crippen molar-refractivity contribution in [1.82, 2.24) is 16.0 Å². The molecule has 34 heteroatoms. The molecule has 728 valence electrons. The van der Waals surface area contributed by atoms with Gasteiger partial charge in [0.15, 0.2) is 34.5 Å². The molecule has 0 saturated heterocycles. The summed E-state index contributed by atoms with van der Waals surface area (Å²) in [7, 11) is 9.77. The largest absolute Gasteiger partial charge is 0.493 e. The molecule has 0 radical (unpaired) electrons. The number of primary amides is 3. The number of aliphatic hydroxyl groups excluding tert-OH is 1. The zero-order valence-corrected chi connectivity index (χ0v) is 82.4. The molecule has 0 aliphatic heterocycles. The number of ether oxygens (including phenoxy) is 11. The van der Waals surface area contributed by atoms with Crippen molar-refractivity contribution < 1.29 is 95.6 Å². The van der Waals surface area contributed by atoms with Crippen molar-refractivity contribution in [3.05, 3.63) is 92.2 Å². The van der Waals surface area contributed by atoms with Gasteiger partial charge in [0, 0.05) is 128 Å². The van der Waals surface area contributed by atoms with Crippen LogP contribution in [0.3, 0.4) is 0 Å². The molecule has 12 atom stereocenters. The predicted molar refractivity (Wildman–Crippen MR) is 500 cm³/mol. The number of azide groups is 2. The Morgan fingerprint density at radius 1 is 0.406 bits per heavy atom. The minimum Gasteiger partial charge on any atom is -0.493 e. The third-order valence-corrected chi connectivity index (χ3v) is 23.3. The summed E-state index contributed by atoms with van der Waals surface area (Å²) in [6.07, 6.45) is 3.83. The number of benzene rings is 3. The van der Waals surface area contributed by atoms with Gasteiger partial charge in [0.25, 0.3) is 0 Å². The summed E-state index contributed by atoms with van der Waals surface area (Å²) in [5.74, 6) is -0.205. The fourth-order valence-electron chi connectivity index (χ4n) is 14.1. The molecule has 0 heterocycles. The van der Waals surface area contributed by atoms with Crippen molar-refractivity contribution in [3.8, 4) is 34.5 Å². The molecule has 6 amide bonds. The summed E-state index contributed by atoms with van der Waals surface area (Å²) >= 11 is 0. The highest BCUT2D eigenvalue weighted by Crippen LogP contribution is 2.38. The molecule has 3 aromatic carbocycles. The Hall–Kier alpha value is -9.07. The van der Waals surface area contributed by atoms with Crippen LogP contribution in [0, 0.1) is 87.3 Å². The second-order valence-electron chi connectivity index (χ2n) is 37.1. The fourth-order valence-corrected chi connectivity index (χ4v) is 14.1. The number of rotatable bonds is 61. The van der Waals surface area contributed by atoms with Crippen LogP contribution in [0.25, 0.3) is 20.9 Å².